The Bertz CT molecular complexity index is 945. The molecule has 0 saturated heterocycles. The molecule has 3 aromatic rings. The van der Waals surface area contributed by atoms with Crippen LogP contribution in [0.3, 0.4) is 0 Å². The normalized spacial score (nSPS) is 11.7. The summed E-state index contributed by atoms with van der Waals surface area (Å²) in [5.74, 6) is -0.108. The fourth-order valence-electron chi connectivity index (χ4n) is 2.63. The van der Waals surface area contributed by atoms with Crippen molar-refractivity contribution in [2.24, 2.45) is 5.92 Å². The SMILES string of the molecule is CN(C)c1cc(C(=O)OCC(C#N)Cc2cccs2)c2ccccc2n1. The van der Waals surface area contributed by atoms with Crippen LogP contribution in [0.2, 0.25) is 0 Å². The molecule has 0 N–H and O–H groups in total. The molecule has 5 nitrogen and oxygen atoms in total. The molecule has 1 unspecified atom stereocenters. The number of benzene rings is 1. The van der Waals surface area contributed by atoms with E-state index in [2.05, 4.69) is 11.1 Å². The van der Waals surface area contributed by atoms with E-state index in [1.54, 1.807) is 17.4 Å². The number of fused-ring (bicyclic) bond motifs is 1. The van der Waals surface area contributed by atoms with Crippen LogP contribution in [0.25, 0.3) is 10.9 Å². The monoisotopic (exact) mass is 365 g/mol. The molecule has 0 amide bonds. The molecule has 2 heterocycles. The minimum absolute atomic E-state index is 0.0706. The van der Waals surface area contributed by atoms with E-state index in [0.29, 0.717) is 17.8 Å². The van der Waals surface area contributed by atoms with Crippen LogP contribution in [0.15, 0.2) is 47.8 Å². The van der Waals surface area contributed by atoms with Crippen molar-refractivity contribution in [1.29, 1.82) is 5.26 Å². The minimum atomic E-state index is -0.432. The van der Waals surface area contributed by atoms with Crippen LogP contribution in [0.5, 0.6) is 0 Å². The summed E-state index contributed by atoms with van der Waals surface area (Å²) in [5, 5.41) is 12.1. The predicted molar refractivity (Wildman–Crippen MR) is 103 cm³/mol. The number of aromatic nitrogens is 1. The summed E-state index contributed by atoms with van der Waals surface area (Å²) in [6, 6.07) is 15.4. The van der Waals surface area contributed by atoms with Crippen molar-refractivity contribution in [2.45, 2.75) is 6.42 Å². The van der Waals surface area contributed by atoms with Crippen LogP contribution >= 0.6 is 11.3 Å². The molecule has 0 spiro atoms. The molecule has 0 bridgehead atoms. The Labute approximate surface area is 156 Å². The number of rotatable bonds is 6. The zero-order valence-corrected chi connectivity index (χ0v) is 15.5. The lowest BCUT2D eigenvalue weighted by Crippen LogP contribution is -2.17. The summed E-state index contributed by atoms with van der Waals surface area (Å²) in [6.45, 7) is 0.0706. The standard InChI is InChI=1S/C20H19N3O2S/c1-23(2)19-11-17(16-7-3-4-8-18(16)22-19)20(24)25-13-14(12-21)10-15-6-5-9-26-15/h3-9,11,14H,10,13H2,1-2H3. The summed E-state index contributed by atoms with van der Waals surface area (Å²) in [5.41, 5.74) is 1.20. The maximum absolute atomic E-state index is 12.7. The highest BCUT2D eigenvalue weighted by molar-refractivity contribution is 7.09. The smallest absolute Gasteiger partial charge is 0.338 e. The van der Waals surface area contributed by atoms with Gasteiger partial charge in [-0.15, -0.1) is 11.3 Å². The van der Waals surface area contributed by atoms with E-state index >= 15 is 0 Å². The largest absolute Gasteiger partial charge is 0.461 e. The number of anilines is 1. The number of nitrogens with zero attached hydrogens (tertiary/aromatic N) is 3. The number of thiophene rings is 1. The van der Waals surface area contributed by atoms with E-state index in [1.807, 2.05) is 60.8 Å². The van der Waals surface area contributed by atoms with Gasteiger partial charge in [0.05, 0.1) is 23.1 Å². The number of carbonyl (C=O) groups is 1. The van der Waals surface area contributed by atoms with Crippen LogP contribution < -0.4 is 4.90 Å². The molecule has 0 fully saturated rings. The lowest BCUT2D eigenvalue weighted by Gasteiger charge is -2.15. The lowest BCUT2D eigenvalue weighted by atomic mass is 10.1. The third kappa shape index (κ3) is 4.01. The molecule has 0 aliphatic carbocycles. The van der Waals surface area contributed by atoms with Crippen LogP contribution in [0.4, 0.5) is 5.82 Å². The number of hydrogen-bond acceptors (Lipinski definition) is 6. The molecule has 26 heavy (non-hydrogen) atoms. The van der Waals surface area contributed by atoms with Gasteiger partial charge in [-0.2, -0.15) is 5.26 Å². The second-order valence-electron chi connectivity index (χ2n) is 6.15. The van der Waals surface area contributed by atoms with Crippen molar-refractivity contribution in [2.75, 3.05) is 25.6 Å². The summed E-state index contributed by atoms with van der Waals surface area (Å²) >= 11 is 1.60. The number of pyridine rings is 1. The van der Waals surface area contributed by atoms with E-state index < -0.39 is 5.97 Å². The van der Waals surface area contributed by atoms with Gasteiger partial charge in [-0.3, -0.25) is 0 Å². The molecule has 1 atom stereocenters. The minimum Gasteiger partial charge on any atom is -0.461 e. The number of esters is 1. The van der Waals surface area contributed by atoms with Gasteiger partial charge in [-0.25, -0.2) is 9.78 Å². The van der Waals surface area contributed by atoms with Crippen LogP contribution in [0, 0.1) is 17.2 Å². The molecule has 1 aromatic carbocycles. The zero-order valence-electron chi connectivity index (χ0n) is 14.7. The molecule has 0 aliphatic heterocycles. The Hall–Kier alpha value is -2.91. The third-order valence-electron chi connectivity index (χ3n) is 4.01. The van der Waals surface area contributed by atoms with Crippen molar-refractivity contribution < 1.29 is 9.53 Å². The quantitative estimate of drug-likeness (QED) is 0.620. The van der Waals surface area contributed by atoms with Crippen LogP contribution in [-0.2, 0) is 11.2 Å². The van der Waals surface area contributed by atoms with Crippen molar-refractivity contribution >= 4 is 34.0 Å². The molecular weight excluding hydrogens is 346 g/mol. The zero-order chi connectivity index (χ0) is 18.5. The highest BCUT2D eigenvalue weighted by atomic mass is 32.1. The van der Waals surface area contributed by atoms with E-state index in [1.165, 1.54) is 0 Å². The first-order chi connectivity index (χ1) is 12.6. The summed E-state index contributed by atoms with van der Waals surface area (Å²) in [4.78, 5) is 20.2. The molecule has 0 saturated carbocycles. The van der Waals surface area contributed by atoms with Gasteiger partial charge in [0.25, 0.3) is 0 Å². The lowest BCUT2D eigenvalue weighted by molar-refractivity contribution is 0.0471. The first-order valence-electron chi connectivity index (χ1n) is 8.24. The van der Waals surface area contributed by atoms with Crippen molar-refractivity contribution in [3.8, 4) is 6.07 Å². The Balaban J connectivity index is 1.80. The van der Waals surface area contributed by atoms with E-state index in [4.69, 9.17) is 4.74 Å². The van der Waals surface area contributed by atoms with Gasteiger partial charge in [0.15, 0.2) is 0 Å². The van der Waals surface area contributed by atoms with Gasteiger partial charge in [-0.1, -0.05) is 24.3 Å². The molecule has 2 aromatic heterocycles. The fraction of sp³-hybridized carbons (Fsp3) is 0.250. The van der Waals surface area contributed by atoms with Crippen LogP contribution in [0.1, 0.15) is 15.2 Å². The van der Waals surface area contributed by atoms with Gasteiger partial charge in [0.1, 0.15) is 12.4 Å². The summed E-state index contributed by atoms with van der Waals surface area (Å²) in [7, 11) is 3.75. The molecule has 3 rings (SSSR count). The van der Waals surface area contributed by atoms with Gasteiger partial charge >= 0.3 is 5.97 Å². The van der Waals surface area contributed by atoms with Crippen molar-refractivity contribution in [3.05, 3.63) is 58.3 Å². The Morgan fingerprint density at radius 3 is 2.81 bits per heavy atom. The predicted octanol–water partition coefficient (Wildman–Crippen LogP) is 3.90. The molecule has 6 heteroatoms. The van der Waals surface area contributed by atoms with E-state index in [0.717, 1.165) is 15.8 Å². The van der Waals surface area contributed by atoms with E-state index in [-0.39, 0.29) is 12.5 Å². The summed E-state index contributed by atoms with van der Waals surface area (Å²) < 4.78 is 5.47. The maximum Gasteiger partial charge on any atom is 0.338 e. The Kier molecular flexibility index (Phi) is 5.49. The first-order valence-corrected chi connectivity index (χ1v) is 9.12. The molecule has 132 valence electrons. The topological polar surface area (TPSA) is 66.2 Å². The number of nitriles is 1. The maximum atomic E-state index is 12.7. The average molecular weight is 365 g/mol. The van der Waals surface area contributed by atoms with Gasteiger partial charge in [-0.05, 0) is 23.6 Å². The number of ether oxygens (including phenoxy) is 1. The van der Waals surface area contributed by atoms with E-state index in [9.17, 15) is 10.1 Å². The van der Waals surface area contributed by atoms with Crippen molar-refractivity contribution in [3.63, 3.8) is 0 Å². The van der Waals surface area contributed by atoms with Gasteiger partial charge in [0, 0.05) is 30.8 Å². The third-order valence-corrected chi connectivity index (χ3v) is 4.91. The molecular formula is C20H19N3O2S. The Morgan fingerprint density at radius 1 is 1.31 bits per heavy atom. The Morgan fingerprint density at radius 2 is 2.12 bits per heavy atom. The van der Waals surface area contributed by atoms with Crippen LogP contribution in [-0.4, -0.2) is 31.7 Å². The number of para-hydroxylation sites is 1. The summed E-state index contributed by atoms with van der Waals surface area (Å²) in [6.07, 6.45) is 0.585. The second kappa shape index (κ2) is 7.98. The van der Waals surface area contributed by atoms with Crippen molar-refractivity contribution in [1.82, 2.24) is 4.98 Å². The average Bonchev–Trinajstić information content (AvgIpc) is 3.16. The number of hydrogen-bond donors (Lipinski definition) is 0. The fourth-order valence-corrected chi connectivity index (χ4v) is 3.41. The van der Waals surface area contributed by atoms with Gasteiger partial charge in [0.2, 0.25) is 0 Å². The molecule has 0 radical (unpaired) electrons. The molecule has 0 aliphatic rings. The first kappa shape index (κ1) is 17.9. The second-order valence-corrected chi connectivity index (χ2v) is 7.18. The highest BCUT2D eigenvalue weighted by Gasteiger charge is 2.18. The number of carbonyl (C=O) groups excluding carboxylic acids is 1. The van der Waals surface area contributed by atoms with Gasteiger partial charge < -0.3 is 9.64 Å². The highest BCUT2D eigenvalue weighted by Crippen LogP contribution is 2.23.